The summed E-state index contributed by atoms with van der Waals surface area (Å²) in [6, 6.07) is 14.8. The number of aromatic nitrogens is 1. The summed E-state index contributed by atoms with van der Waals surface area (Å²) in [5.41, 5.74) is 4.11. The molecule has 38 heavy (non-hydrogen) atoms. The van der Waals surface area contributed by atoms with Gasteiger partial charge in [-0.15, -0.1) is 0 Å². The third kappa shape index (κ3) is 5.11. The van der Waals surface area contributed by atoms with Gasteiger partial charge in [-0.2, -0.15) is 0 Å². The first-order valence-corrected chi connectivity index (χ1v) is 12.9. The van der Waals surface area contributed by atoms with Crippen molar-refractivity contribution in [3.63, 3.8) is 0 Å². The van der Waals surface area contributed by atoms with E-state index in [4.69, 9.17) is 9.47 Å². The fraction of sp³-hybridized carbons (Fsp3) is 0.414. The Morgan fingerprint density at radius 2 is 1.58 bits per heavy atom. The molecule has 0 unspecified atom stereocenters. The molecule has 2 aliphatic rings. The van der Waals surface area contributed by atoms with Gasteiger partial charge in [0.25, 0.3) is 5.91 Å². The average Bonchev–Trinajstić information content (AvgIpc) is 3.29. The smallest absolute Gasteiger partial charge is 0.410 e. The summed E-state index contributed by atoms with van der Waals surface area (Å²) >= 11 is 0. The lowest BCUT2D eigenvalue weighted by molar-refractivity contribution is -0.143. The van der Waals surface area contributed by atoms with Crippen molar-refractivity contribution in [2.24, 2.45) is 0 Å². The Morgan fingerprint density at radius 3 is 2.24 bits per heavy atom. The molecule has 1 fully saturated rings. The van der Waals surface area contributed by atoms with Crippen LogP contribution in [0.3, 0.4) is 0 Å². The number of hydrogen-bond donors (Lipinski definition) is 2. The molecule has 2 aromatic carbocycles. The van der Waals surface area contributed by atoms with Crippen LogP contribution in [-0.2, 0) is 20.7 Å². The summed E-state index contributed by atoms with van der Waals surface area (Å²) in [5.74, 6) is -0.376. The summed E-state index contributed by atoms with van der Waals surface area (Å²) < 4.78 is 10.5. The molecule has 200 valence electrons. The van der Waals surface area contributed by atoms with E-state index in [0.717, 1.165) is 27.7 Å². The van der Waals surface area contributed by atoms with Crippen molar-refractivity contribution in [3.8, 4) is 0 Å². The number of para-hydroxylation sites is 1. The van der Waals surface area contributed by atoms with E-state index in [1.165, 1.54) is 7.11 Å². The zero-order chi connectivity index (χ0) is 27.0. The number of carbonyl (C=O) groups is 3. The maximum Gasteiger partial charge on any atom is 0.410 e. The number of amides is 2. The van der Waals surface area contributed by atoms with Crippen molar-refractivity contribution in [3.05, 3.63) is 70.9 Å². The van der Waals surface area contributed by atoms with Crippen molar-refractivity contribution in [1.29, 1.82) is 0 Å². The summed E-state index contributed by atoms with van der Waals surface area (Å²) in [6.45, 7) is 7.28. The number of ether oxygens (including phenoxy) is 2. The van der Waals surface area contributed by atoms with Gasteiger partial charge in [0.05, 0.1) is 13.2 Å². The number of rotatable bonds is 3. The zero-order valence-electron chi connectivity index (χ0n) is 22.2. The van der Waals surface area contributed by atoms with Crippen LogP contribution in [0.2, 0.25) is 0 Å². The second-order valence-corrected chi connectivity index (χ2v) is 10.8. The van der Waals surface area contributed by atoms with Crippen molar-refractivity contribution < 1.29 is 23.9 Å². The van der Waals surface area contributed by atoms with Crippen LogP contribution in [0, 0.1) is 0 Å². The molecule has 9 nitrogen and oxygen atoms in total. The molecule has 0 bridgehead atoms. The molecular formula is C29H34N4O5. The Labute approximate surface area is 222 Å². The second-order valence-electron chi connectivity index (χ2n) is 10.8. The molecule has 0 aliphatic carbocycles. The molecule has 1 aromatic heterocycles. The van der Waals surface area contributed by atoms with Gasteiger partial charge < -0.3 is 24.3 Å². The number of methoxy groups -OCH3 is 1. The van der Waals surface area contributed by atoms with Gasteiger partial charge >= 0.3 is 12.1 Å². The van der Waals surface area contributed by atoms with Gasteiger partial charge in [0, 0.05) is 54.8 Å². The summed E-state index contributed by atoms with van der Waals surface area (Å²) in [7, 11) is 1.40. The minimum atomic E-state index is -0.552. The van der Waals surface area contributed by atoms with Crippen LogP contribution in [-0.4, -0.2) is 77.7 Å². The molecule has 0 saturated carbocycles. The van der Waals surface area contributed by atoms with Crippen LogP contribution in [0.1, 0.15) is 54.0 Å². The van der Waals surface area contributed by atoms with Gasteiger partial charge in [0.1, 0.15) is 11.6 Å². The normalized spacial score (nSPS) is 19.7. The molecule has 2 amide bonds. The molecular weight excluding hydrogens is 484 g/mol. The number of fused-ring (bicyclic) bond motifs is 3. The second kappa shape index (κ2) is 10.1. The third-order valence-corrected chi connectivity index (χ3v) is 7.11. The van der Waals surface area contributed by atoms with Gasteiger partial charge in [0.2, 0.25) is 0 Å². The van der Waals surface area contributed by atoms with Gasteiger partial charge in [-0.05, 0) is 50.1 Å². The third-order valence-electron chi connectivity index (χ3n) is 7.11. The fourth-order valence-corrected chi connectivity index (χ4v) is 5.21. The number of nitrogens with one attached hydrogen (secondary N) is 2. The van der Waals surface area contributed by atoms with Gasteiger partial charge in [-0.25, -0.2) is 4.79 Å². The van der Waals surface area contributed by atoms with E-state index in [1.54, 1.807) is 9.80 Å². The monoisotopic (exact) mass is 518 g/mol. The average molecular weight is 519 g/mol. The number of piperazine rings is 1. The van der Waals surface area contributed by atoms with Crippen LogP contribution in [0.5, 0.6) is 0 Å². The van der Waals surface area contributed by atoms with Crippen molar-refractivity contribution in [2.45, 2.75) is 44.9 Å². The number of benzene rings is 2. The first-order chi connectivity index (χ1) is 18.1. The predicted octanol–water partition coefficient (Wildman–Crippen LogP) is 3.64. The lowest BCUT2D eigenvalue weighted by Gasteiger charge is -2.35. The minimum absolute atomic E-state index is 0.0734. The van der Waals surface area contributed by atoms with Crippen LogP contribution >= 0.6 is 0 Å². The highest BCUT2D eigenvalue weighted by molar-refractivity contribution is 5.94. The number of hydrogen-bond acceptors (Lipinski definition) is 6. The Bertz CT molecular complexity index is 1350. The highest BCUT2D eigenvalue weighted by atomic mass is 16.6. The van der Waals surface area contributed by atoms with E-state index in [9.17, 15) is 14.4 Å². The Morgan fingerprint density at radius 1 is 0.921 bits per heavy atom. The molecule has 1 saturated heterocycles. The zero-order valence-corrected chi connectivity index (χ0v) is 22.2. The molecule has 3 heterocycles. The molecule has 0 spiro atoms. The molecule has 5 rings (SSSR count). The van der Waals surface area contributed by atoms with Gasteiger partial charge in [-0.1, -0.05) is 30.3 Å². The molecule has 2 aliphatic heterocycles. The molecule has 9 heteroatoms. The van der Waals surface area contributed by atoms with Gasteiger partial charge in [0.15, 0.2) is 0 Å². The number of esters is 1. The quantitative estimate of drug-likeness (QED) is 0.513. The molecule has 0 radical (unpaired) electrons. The first-order valence-electron chi connectivity index (χ1n) is 12.9. The van der Waals surface area contributed by atoms with Crippen molar-refractivity contribution in [1.82, 2.24) is 20.1 Å². The topological polar surface area (TPSA) is 104 Å². The van der Waals surface area contributed by atoms with Gasteiger partial charge in [-0.3, -0.25) is 14.9 Å². The summed E-state index contributed by atoms with van der Waals surface area (Å²) in [4.78, 5) is 45.0. The van der Waals surface area contributed by atoms with E-state index < -0.39 is 11.6 Å². The highest BCUT2D eigenvalue weighted by Crippen LogP contribution is 2.35. The SMILES string of the molecule is COC(=O)[C@H]1Cc2c([nH]c3ccccc23)[C@H](c2ccc(C(=O)N3CCN(C(=O)OC(C)(C)C)CC3)cc2)N1. The molecule has 2 atom stereocenters. The first kappa shape index (κ1) is 25.8. The van der Waals surface area contributed by atoms with E-state index in [2.05, 4.69) is 16.4 Å². The standard InChI is InChI=1S/C29H34N4O5/c1-29(2,3)38-28(36)33-15-13-32(14-16-33)26(34)19-11-9-18(10-12-19)24-25-21(17-23(31-24)27(35)37-4)20-7-5-6-8-22(20)30-25/h5-12,23-24,30-31H,13-17H2,1-4H3/t23-,24+/m1/s1. The Kier molecular flexibility index (Phi) is 6.88. The lowest BCUT2D eigenvalue weighted by atomic mass is 9.90. The fourth-order valence-electron chi connectivity index (χ4n) is 5.21. The van der Waals surface area contributed by atoms with Crippen LogP contribution in [0.15, 0.2) is 48.5 Å². The van der Waals surface area contributed by atoms with E-state index >= 15 is 0 Å². The maximum atomic E-state index is 13.2. The Hall–Kier alpha value is -3.85. The van der Waals surface area contributed by atoms with E-state index in [0.29, 0.717) is 38.2 Å². The van der Waals surface area contributed by atoms with E-state index in [-0.39, 0.29) is 24.0 Å². The highest BCUT2D eigenvalue weighted by Gasteiger charge is 2.35. The van der Waals surface area contributed by atoms with Crippen LogP contribution in [0.4, 0.5) is 4.79 Å². The maximum absolute atomic E-state index is 13.2. The van der Waals surface area contributed by atoms with Crippen molar-refractivity contribution >= 4 is 28.9 Å². The van der Waals surface area contributed by atoms with E-state index in [1.807, 2.05) is 63.2 Å². The number of carbonyl (C=O) groups excluding carboxylic acids is 3. The lowest BCUT2D eigenvalue weighted by Crippen LogP contribution is -2.51. The predicted molar refractivity (Wildman–Crippen MR) is 143 cm³/mol. The molecule has 3 aromatic rings. The molecule has 2 N–H and O–H groups in total. The van der Waals surface area contributed by atoms with Crippen LogP contribution in [0.25, 0.3) is 10.9 Å². The number of H-pyrrole nitrogens is 1. The van der Waals surface area contributed by atoms with Crippen molar-refractivity contribution in [2.75, 3.05) is 33.3 Å². The Balaban J connectivity index is 1.32. The number of nitrogens with zero attached hydrogens (tertiary/aromatic N) is 2. The number of aromatic amines is 1. The van der Waals surface area contributed by atoms with Crippen LogP contribution < -0.4 is 5.32 Å². The largest absolute Gasteiger partial charge is 0.468 e. The summed E-state index contributed by atoms with van der Waals surface area (Å²) in [5, 5.41) is 4.53. The minimum Gasteiger partial charge on any atom is -0.468 e. The summed E-state index contributed by atoms with van der Waals surface area (Å²) in [6.07, 6.45) is 0.185.